The molecule has 2 aliphatic rings. The molecule has 8 heteroatoms. The van der Waals surface area contributed by atoms with Crippen LogP contribution in [-0.2, 0) is 20.8 Å². The molecule has 1 atom stereocenters. The predicted octanol–water partition coefficient (Wildman–Crippen LogP) is 0.295. The number of likely N-dealkylation sites (tertiary alicyclic amines) is 1. The first-order valence-corrected chi connectivity index (χ1v) is 7.62. The summed E-state index contributed by atoms with van der Waals surface area (Å²) >= 11 is 0. The van der Waals surface area contributed by atoms with Crippen LogP contribution in [0.4, 0.5) is 9.18 Å². The van der Waals surface area contributed by atoms with E-state index in [1.54, 1.807) is 12.1 Å². The minimum Gasteiger partial charge on any atom is -0.336 e. The maximum atomic E-state index is 12.9. The summed E-state index contributed by atoms with van der Waals surface area (Å²) in [5, 5.41) is 2.49. The maximum Gasteiger partial charge on any atom is 0.324 e. The van der Waals surface area contributed by atoms with Crippen LogP contribution < -0.4 is 5.32 Å². The third kappa shape index (κ3) is 3.12. The molecule has 7 nitrogen and oxygen atoms in total. The average Bonchev–Trinajstić information content (AvgIpc) is 3.08. The highest BCUT2D eigenvalue weighted by Gasteiger charge is 2.40. The Balaban J connectivity index is 1.64. The van der Waals surface area contributed by atoms with E-state index in [-0.39, 0.29) is 18.8 Å². The van der Waals surface area contributed by atoms with Crippen molar-refractivity contribution in [3.8, 4) is 0 Å². The van der Waals surface area contributed by atoms with Crippen LogP contribution in [0.15, 0.2) is 24.3 Å². The zero-order valence-corrected chi connectivity index (χ0v) is 12.8. The van der Waals surface area contributed by atoms with Crippen molar-refractivity contribution < 1.29 is 23.6 Å². The molecular formula is C16H16FN3O4. The number of rotatable bonds is 4. The van der Waals surface area contributed by atoms with Crippen molar-refractivity contribution in [3.05, 3.63) is 35.6 Å². The monoisotopic (exact) mass is 333 g/mol. The molecule has 126 valence electrons. The Morgan fingerprint density at radius 3 is 2.54 bits per heavy atom. The summed E-state index contributed by atoms with van der Waals surface area (Å²) < 4.78 is 12.9. The van der Waals surface area contributed by atoms with Gasteiger partial charge in [-0.25, -0.2) is 9.18 Å². The average molecular weight is 333 g/mol. The second-order valence-corrected chi connectivity index (χ2v) is 5.83. The highest BCUT2D eigenvalue weighted by molar-refractivity contribution is 6.07. The van der Waals surface area contributed by atoms with Gasteiger partial charge < -0.3 is 5.32 Å². The first-order valence-electron chi connectivity index (χ1n) is 7.62. The maximum absolute atomic E-state index is 12.9. The Labute approximate surface area is 137 Å². The molecule has 1 aromatic carbocycles. The third-order valence-electron chi connectivity index (χ3n) is 4.18. The smallest absolute Gasteiger partial charge is 0.324 e. The first kappa shape index (κ1) is 16.1. The van der Waals surface area contributed by atoms with Crippen molar-refractivity contribution in [2.75, 3.05) is 19.6 Å². The lowest BCUT2D eigenvalue weighted by molar-refractivity contribution is -0.145. The van der Waals surface area contributed by atoms with Crippen LogP contribution in [0.1, 0.15) is 12.0 Å². The van der Waals surface area contributed by atoms with Gasteiger partial charge in [-0.3, -0.25) is 24.2 Å². The minimum atomic E-state index is -0.575. The summed E-state index contributed by atoms with van der Waals surface area (Å²) in [6.07, 6.45) is 0.315. The lowest BCUT2D eigenvalue weighted by atomic mass is 9.98. The van der Waals surface area contributed by atoms with Crippen LogP contribution in [0.3, 0.4) is 0 Å². The molecule has 2 aliphatic heterocycles. The summed E-state index contributed by atoms with van der Waals surface area (Å²) in [5.41, 5.74) is 0.745. The molecule has 1 N–H and O–H groups in total. The fraction of sp³-hybridized carbons (Fsp3) is 0.375. The van der Waals surface area contributed by atoms with Crippen molar-refractivity contribution in [1.82, 2.24) is 15.1 Å². The molecule has 3 rings (SSSR count). The Morgan fingerprint density at radius 1 is 1.21 bits per heavy atom. The minimum absolute atomic E-state index is 0.00961. The van der Waals surface area contributed by atoms with Crippen molar-refractivity contribution in [2.45, 2.75) is 12.8 Å². The third-order valence-corrected chi connectivity index (χ3v) is 4.18. The van der Waals surface area contributed by atoms with Crippen LogP contribution in [-0.4, -0.2) is 53.2 Å². The molecule has 0 spiro atoms. The molecule has 0 radical (unpaired) electrons. The highest BCUT2D eigenvalue weighted by Crippen LogP contribution is 2.24. The zero-order valence-electron chi connectivity index (χ0n) is 12.8. The number of hydrogen-bond donors (Lipinski definition) is 1. The van der Waals surface area contributed by atoms with Gasteiger partial charge in [0.1, 0.15) is 12.4 Å². The molecule has 1 aromatic rings. The summed E-state index contributed by atoms with van der Waals surface area (Å²) in [6, 6.07) is 5.21. The Bertz CT molecular complexity index is 704. The molecule has 24 heavy (non-hydrogen) atoms. The SMILES string of the molecule is O=C(CN1C(=O)C[C@H](Cc2ccc(F)cc2)C1=O)N1CCNC1=O. The van der Waals surface area contributed by atoms with Crippen molar-refractivity contribution in [3.63, 3.8) is 0 Å². The number of hydrogen-bond acceptors (Lipinski definition) is 4. The van der Waals surface area contributed by atoms with Gasteiger partial charge in [0.2, 0.25) is 11.8 Å². The standard InChI is InChI=1S/C16H16FN3O4/c17-12-3-1-10(2-4-12)7-11-8-13(21)20(15(11)23)9-14(22)19-6-5-18-16(19)24/h1-4,11H,5-9H2,(H,18,24)/t11-/m0/s1. The van der Waals surface area contributed by atoms with E-state index in [1.807, 2.05) is 0 Å². The highest BCUT2D eigenvalue weighted by atomic mass is 19.1. The number of benzene rings is 1. The second-order valence-electron chi connectivity index (χ2n) is 5.83. The molecule has 2 fully saturated rings. The Kier molecular flexibility index (Phi) is 4.28. The normalized spacial score (nSPS) is 20.7. The Hall–Kier alpha value is -2.77. The number of imide groups is 2. The van der Waals surface area contributed by atoms with Crippen LogP contribution in [0.5, 0.6) is 0 Å². The molecular weight excluding hydrogens is 317 g/mol. The fourth-order valence-corrected chi connectivity index (χ4v) is 2.91. The number of amides is 5. The van der Waals surface area contributed by atoms with Gasteiger partial charge in [-0.2, -0.15) is 0 Å². The van der Waals surface area contributed by atoms with E-state index in [9.17, 15) is 23.6 Å². The molecule has 5 amide bonds. The van der Waals surface area contributed by atoms with Crippen LogP contribution in [0.25, 0.3) is 0 Å². The van der Waals surface area contributed by atoms with Gasteiger partial charge in [-0.15, -0.1) is 0 Å². The van der Waals surface area contributed by atoms with E-state index in [0.29, 0.717) is 13.0 Å². The summed E-state index contributed by atoms with van der Waals surface area (Å²) in [6.45, 7) is 0.164. The number of nitrogens with one attached hydrogen (secondary N) is 1. The second kappa shape index (κ2) is 6.38. The van der Waals surface area contributed by atoms with E-state index >= 15 is 0 Å². The molecule has 0 bridgehead atoms. The molecule has 0 aromatic heterocycles. The first-order chi connectivity index (χ1) is 11.5. The molecule has 0 aliphatic carbocycles. The number of halogens is 1. The molecule has 0 saturated carbocycles. The fourth-order valence-electron chi connectivity index (χ4n) is 2.91. The van der Waals surface area contributed by atoms with Crippen LogP contribution in [0, 0.1) is 11.7 Å². The summed E-state index contributed by atoms with van der Waals surface area (Å²) in [7, 11) is 0. The van der Waals surface area contributed by atoms with Crippen molar-refractivity contribution in [2.24, 2.45) is 5.92 Å². The van der Waals surface area contributed by atoms with Crippen molar-refractivity contribution >= 4 is 23.8 Å². The van der Waals surface area contributed by atoms with E-state index in [4.69, 9.17) is 0 Å². The quantitative estimate of drug-likeness (QED) is 0.803. The number of carbonyl (C=O) groups excluding carboxylic acids is 4. The van der Waals surface area contributed by atoms with Gasteiger partial charge >= 0.3 is 6.03 Å². The number of urea groups is 1. The lowest BCUT2D eigenvalue weighted by Gasteiger charge is -2.18. The largest absolute Gasteiger partial charge is 0.336 e. The molecule has 2 heterocycles. The van der Waals surface area contributed by atoms with Crippen LogP contribution >= 0.6 is 0 Å². The van der Waals surface area contributed by atoms with Crippen molar-refractivity contribution in [1.29, 1.82) is 0 Å². The van der Waals surface area contributed by atoms with Gasteiger partial charge in [0.15, 0.2) is 0 Å². The van der Waals surface area contributed by atoms with Gasteiger partial charge in [-0.05, 0) is 24.1 Å². The number of carbonyl (C=O) groups is 4. The van der Waals surface area contributed by atoms with E-state index in [0.717, 1.165) is 15.4 Å². The predicted molar refractivity (Wildman–Crippen MR) is 80.0 cm³/mol. The summed E-state index contributed by atoms with van der Waals surface area (Å²) in [5.74, 6) is -2.38. The van der Waals surface area contributed by atoms with Crippen LogP contribution in [0.2, 0.25) is 0 Å². The molecule has 0 unspecified atom stereocenters. The zero-order chi connectivity index (χ0) is 17.3. The number of nitrogens with zero attached hydrogens (tertiary/aromatic N) is 2. The topological polar surface area (TPSA) is 86.8 Å². The van der Waals surface area contributed by atoms with E-state index < -0.39 is 36.2 Å². The van der Waals surface area contributed by atoms with Gasteiger partial charge in [0.25, 0.3) is 5.91 Å². The van der Waals surface area contributed by atoms with Gasteiger partial charge in [0.05, 0.1) is 5.92 Å². The van der Waals surface area contributed by atoms with E-state index in [1.165, 1.54) is 12.1 Å². The summed E-state index contributed by atoms with van der Waals surface area (Å²) in [4.78, 5) is 49.9. The lowest BCUT2D eigenvalue weighted by Crippen LogP contribution is -2.44. The van der Waals surface area contributed by atoms with Gasteiger partial charge in [0, 0.05) is 19.5 Å². The van der Waals surface area contributed by atoms with E-state index in [2.05, 4.69) is 5.32 Å². The Morgan fingerprint density at radius 2 is 1.92 bits per heavy atom. The van der Waals surface area contributed by atoms with Gasteiger partial charge in [-0.1, -0.05) is 12.1 Å². The molecule has 2 saturated heterocycles.